The van der Waals surface area contributed by atoms with Crippen molar-refractivity contribution in [1.82, 2.24) is 0 Å². The van der Waals surface area contributed by atoms with Gasteiger partial charge in [0.15, 0.2) is 0 Å². The molecule has 2 rings (SSSR count). The van der Waals surface area contributed by atoms with E-state index in [4.69, 9.17) is 9.47 Å². The van der Waals surface area contributed by atoms with E-state index in [2.05, 4.69) is 52.0 Å². The highest BCUT2D eigenvalue weighted by Crippen LogP contribution is 2.22. The van der Waals surface area contributed by atoms with Crippen LogP contribution in [0.4, 0.5) is 0 Å². The van der Waals surface area contributed by atoms with Crippen molar-refractivity contribution in [3.05, 3.63) is 59.7 Å². The van der Waals surface area contributed by atoms with Gasteiger partial charge in [-0.2, -0.15) is 0 Å². The van der Waals surface area contributed by atoms with Crippen molar-refractivity contribution in [2.24, 2.45) is 5.41 Å². The van der Waals surface area contributed by atoms with Crippen LogP contribution in [0.1, 0.15) is 25.0 Å². The first kappa shape index (κ1) is 15.4. The normalized spacial score (nSPS) is 11.2. The standard InChI is InChI=1S/C19H24O2/c1-15-7-5-9-17(11-15)20-13-19(3,4)14-21-18-10-6-8-16(2)12-18/h5-12H,13-14H2,1-4H3. The largest absolute Gasteiger partial charge is 0.493 e. The molecule has 2 nitrogen and oxygen atoms in total. The Bertz CT molecular complexity index is 536. The van der Waals surface area contributed by atoms with E-state index in [-0.39, 0.29) is 5.41 Å². The molecule has 112 valence electrons. The molecular weight excluding hydrogens is 260 g/mol. The summed E-state index contributed by atoms with van der Waals surface area (Å²) in [6, 6.07) is 16.3. The number of aryl methyl sites for hydroxylation is 2. The van der Waals surface area contributed by atoms with Crippen LogP contribution >= 0.6 is 0 Å². The predicted octanol–water partition coefficient (Wildman–Crippen LogP) is 4.79. The van der Waals surface area contributed by atoms with Crippen molar-refractivity contribution in [2.75, 3.05) is 13.2 Å². The molecule has 0 aliphatic heterocycles. The Morgan fingerprint density at radius 1 is 0.762 bits per heavy atom. The topological polar surface area (TPSA) is 18.5 Å². The van der Waals surface area contributed by atoms with E-state index < -0.39 is 0 Å². The second-order valence-corrected chi connectivity index (χ2v) is 6.37. The Morgan fingerprint density at radius 2 is 1.19 bits per heavy atom. The second-order valence-electron chi connectivity index (χ2n) is 6.37. The first-order valence-electron chi connectivity index (χ1n) is 7.34. The molecule has 2 aromatic carbocycles. The molecule has 2 heteroatoms. The van der Waals surface area contributed by atoms with Gasteiger partial charge >= 0.3 is 0 Å². The molecule has 0 amide bonds. The molecule has 0 atom stereocenters. The molecule has 0 radical (unpaired) electrons. The average Bonchev–Trinajstić information content (AvgIpc) is 2.44. The van der Waals surface area contributed by atoms with Crippen molar-refractivity contribution in [3.8, 4) is 11.5 Å². The lowest BCUT2D eigenvalue weighted by atomic mass is 9.96. The number of benzene rings is 2. The number of hydrogen-bond acceptors (Lipinski definition) is 2. The van der Waals surface area contributed by atoms with Crippen LogP contribution in [-0.2, 0) is 0 Å². The van der Waals surface area contributed by atoms with Crippen molar-refractivity contribution in [1.29, 1.82) is 0 Å². The maximum atomic E-state index is 5.88. The van der Waals surface area contributed by atoms with Crippen LogP contribution in [0.5, 0.6) is 11.5 Å². The second kappa shape index (κ2) is 6.66. The first-order valence-corrected chi connectivity index (χ1v) is 7.34. The fraction of sp³-hybridized carbons (Fsp3) is 0.368. The average molecular weight is 284 g/mol. The van der Waals surface area contributed by atoms with Gasteiger partial charge in [0.05, 0.1) is 13.2 Å². The highest BCUT2D eigenvalue weighted by atomic mass is 16.5. The third kappa shape index (κ3) is 5.14. The highest BCUT2D eigenvalue weighted by Gasteiger charge is 2.20. The van der Waals surface area contributed by atoms with Gasteiger partial charge in [-0.1, -0.05) is 38.1 Å². The summed E-state index contributed by atoms with van der Waals surface area (Å²) in [6.45, 7) is 9.69. The van der Waals surface area contributed by atoms with Crippen LogP contribution in [0.15, 0.2) is 48.5 Å². The van der Waals surface area contributed by atoms with Crippen LogP contribution in [0.25, 0.3) is 0 Å². The quantitative estimate of drug-likeness (QED) is 0.759. The fourth-order valence-corrected chi connectivity index (χ4v) is 2.01. The molecule has 21 heavy (non-hydrogen) atoms. The zero-order chi connectivity index (χ0) is 15.3. The van der Waals surface area contributed by atoms with Gasteiger partial charge in [0.1, 0.15) is 11.5 Å². The molecule has 0 aliphatic carbocycles. The van der Waals surface area contributed by atoms with E-state index in [1.807, 2.05) is 24.3 Å². The zero-order valence-corrected chi connectivity index (χ0v) is 13.3. The smallest absolute Gasteiger partial charge is 0.119 e. The van der Waals surface area contributed by atoms with Gasteiger partial charge in [0, 0.05) is 5.41 Å². The first-order chi connectivity index (χ1) is 9.94. The number of hydrogen-bond donors (Lipinski definition) is 0. The van der Waals surface area contributed by atoms with Crippen molar-refractivity contribution in [2.45, 2.75) is 27.7 Å². The minimum absolute atomic E-state index is 0.0481. The summed E-state index contributed by atoms with van der Waals surface area (Å²) in [6.07, 6.45) is 0. The van der Waals surface area contributed by atoms with Gasteiger partial charge in [-0.15, -0.1) is 0 Å². The lowest BCUT2D eigenvalue weighted by Gasteiger charge is -2.25. The van der Waals surface area contributed by atoms with Gasteiger partial charge in [-0.25, -0.2) is 0 Å². The number of rotatable bonds is 6. The molecule has 0 aromatic heterocycles. The Kier molecular flexibility index (Phi) is 4.89. The van der Waals surface area contributed by atoms with E-state index in [0.29, 0.717) is 13.2 Å². The summed E-state index contributed by atoms with van der Waals surface area (Å²) in [5, 5.41) is 0. The Labute approximate surface area is 127 Å². The van der Waals surface area contributed by atoms with Gasteiger partial charge < -0.3 is 9.47 Å². The molecule has 0 saturated heterocycles. The summed E-state index contributed by atoms with van der Waals surface area (Å²) in [7, 11) is 0. The van der Waals surface area contributed by atoms with E-state index in [0.717, 1.165) is 11.5 Å². The van der Waals surface area contributed by atoms with E-state index in [1.165, 1.54) is 11.1 Å². The Morgan fingerprint density at radius 3 is 1.57 bits per heavy atom. The monoisotopic (exact) mass is 284 g/mol. The minimum atomic E-state index is -0.0481. The molecule has 0 aliphatic rings. The lowest BCUT2D eigenvalue weighted by Crippen LogP contribution is -2.28. The molecule has 0 spiro atoms. The Balaban J connectivity index is 1.87. The summed E-state index contributed by atoms with van der Waals surface area (Å²) < 4.78 is 11.8. The van der Waals surface area contributed by atoms with Crippen molar-refractivity contribution in [3.63, 3.8) is 0 Å². The maximum absolute atomic E-state index is 5.88. The van der Waals surface area contributed by atoms with Crippen LogP contribution in [0.3, 0.4) is 0 Å². The van der Waals surface area contributed by atoms with E-state index in [9.17, 15) is 0 Å². The molecular formula is C19H24O2. The van der Waals surface area contributed by atoms with Gasteiger partial charge in [0.25, 0.3) is 0 Å². The van der Waals surface area contributed by atoms with E-state index >= 15 is 0 Å². The molecule has 0 N–H and O–H groups in total. The van der Waals surface area contributed by atoms with Crippen LogP contribution in [0.2, 0.25) is 0 Å². The SMILES string of the molecule is Cc1cccc(OCC(C)(C)COc2cccc(C)c2)c1. The third-order valence-electron chi connectivity index (χ3n) is 3.24. The third-order valence-corrected chi connectivity index (χ3v) is 3.24. The summed E-state index contributed by atoms with van der Waals surface area (Å²) in [5.41, 5.74) is 2.37. The molecule has 0 bridgehead atoms. The minimum Gasteiger partial charge on any atom is -0.493 e. The lowest BCUT2D eigenvalue weighted by molar-refractivity contribution is 0.110. The zero-order valence-electron chi connectivity index (χ0n) is 13.3. The fourth-order valence-electron chi connectivity index (χ4n) is 2.01. The van der Waals surface area contributed by atoms with Crippen LogP contribution < -0.4 is 9.47 Å². The van der Waals surface area contributed by atoms with Crippen molar-refractivity contribution >= 4 is 0 Å². The van der Waals surface area contributed by atoms with Gasteiger partial charge in [-0.3, -0.25) is 0 Å². The van der Waals surface area contributed by atoms with Crippen LogP contribution in [-0.4, -0.2) is 13.2 Å². The van der Waals surface area contributed by atoms with Crippen LogP contribution in [0, 0.1) is 19.3 Å². The summed E-state index contributed by atoms with van der Waals surface area (Å²) in [4.78, 5) is 0. The number of ether oxygens (including phenoxy) is 2. The summed E-state index contributed by atoms with van der Waals surface area (Å²) >= 11 is 0. The molecule has 0 fully saturated rings. The molecule has 0 unspecified atom stereocenters. The van der Waals surface area contributed by atoms with Crippen molar-refractivity contribution < 1.29 is 9.47 Å². The molecule has 0 saturated carbocycles. The van der Waals surface area contributed by atoms with Gasteiger partial charge in [0.2, 0.25) is 0 Å². The Hall–Kier alpha value is -1.96. The van der Waals surface area contributed by atoms with E-state index in [1.54, 1.807) is 0 Å². The predicted molar refractivity (Wildman–Crippen MR) is 87.1 cm³/mol. The summed E-state index contributed by atoms with van der Waals surface area (Å²) in [5.74, 6) is 1.83. The maximum Gasteiger partial charge on any atom is 0.119 e. The molecule has 0 heterocycles. The molecule has 2 aromatic rings. The highest BCUT2D eigenvalue weighted by molar-refractivity contribution is 5.28. The van der Waals surface area contributed by atoms with Gasteiger partial charge in [-0.05, 0) is 49.2 Å².